The van der Waals surface area contributed by atoms with Crippen molar-refractivity contribution in [1.29, 1.82) is 0 Å². The lowest BCUT2D eigenvalue weighted by atomic mass is 10.2. The van der Waals surface area contributed by atoms with Crippen LogP contribution in [-0.4, -0.2) is 29.4 Å². The van der Waals surface area contributed by atoms with Gasteiger partial charge in [-0.1, -0.05) is 6.07 Å². The van der Waals surface area contributed by atoms with Crippen LogP contribution in [-0.2, 0) is 17.1 Å². The van der Waals surface area contributed by atoms with E-state index < -0.39 is 20.6 Å². The van der Waals surface area contributed by atoms with Crippen LogP contribution in [0.25, 0.3) is 0 Å². The highest BCUT2D eigenvalue weighted by Gasteiger charge is 2.54. The Morgan fingerprint density at radius 2 is 1.89 bits per heavy atom. The summed E-state index contributed by atoms with van der Waals surface area (Å²) in [6.07, 6.45) is 1.07. The van der Waals surface area contributed by atoms with Crippen molar-refractivity contribution in [1.82, 2.24) is 4.57 Å². The van der Waals surface area contributed by atoms with Crippen LogP contribution in [0.4, 0.5) is 21.6 Å². The number of nitrogens with zero attached hydrogens (tertiary/aromatic N) is 1. The van der Waals surface area contributed by atoms with Crippen LogP contribution in [0.15, 0.2) is 35.1 Å². The second kappa shape index (κ2) is 6.97. The fourth-order valence-corrected chi connectivity index (χ4v) is 4.64. The van der Waals surface area contributed by atoms with Gasteiger partial charge < -0.3 is 10.4 Å². The monoisotopic (exact) mass is 395 g/mol. The first-order chi connectivity index (χ1) is 12.7. The van der Waals surface area contributed by atoms with Crippen molar-refractivity contribution in [3.63, 3.8) is 0 Å². The number of sulfonamides is 1. The van der Waals surface area contributed by atoms with E-state index in [0.29, 0.717) is 12.8 Å². The molecule has 0 radical (unpaired) electrons. The van der Waals surface area contributed by atoms with Crippen molar-refractivity contribution in [2.45, 2.75) is 30.9 Å². The van der Waals surface area contributed by atoms with E-state index in [9.17, 15) is 17.6 Å². The number of benzene rings is 1. The second-order valence-corrected chi connectivity index (χ2v) is 8.94. The first kappa shape index (κ1) is 19.4. The average molecular weight is 395 g/mol. The molecule has 9 heteroatoms. The zero-order valence-electron chi connectivity index (χ0n) is 15.1. The molecule has 146 valence electrons. The Labute approximate surface area is 156 Å². The first-order valence-corrected chi connectivity index (χ1v) is 10.0. The van der Waals surface area contributed by atoms with Crippen LogP contribution >= 0.6 is 0 Å². The van der Waals surface area contributed by atoms with Gasteiger partial charge >= 0.3 is 0 Å². The summed E-state index contributed by atoms with van der Waals surface area (Å²) >= 11 is 0. The maximum absolute atomic E-state index is 14.2. The Hall–Kier alpha value is -2.39. The SMILES string of the molecule is Cc1ccc(Nc2c(NS(=O)(=O)C3(CCO)CC3)ccc(=O)n2C)c(F)c1. The highest BCUT2D eigenvalue weighted by Crippen LogP contribution is 2.47. The standard InChI is InChI=1S/C18H22FN3O4S/c1-12-3-4-14(13(19)11-12)20-17-15(5-6-16(24)22(17)2)21-27(25,26)18(7-8-18)9-10-23/h3-6,11,20-21,23H,7-10H2,1-2H3. The van der Waals surface area contributed by atoms with Crippen molar-refractivity contribution in [2.24, 2.45) is 7.05 Å². The summed E-state index contributed by atoms with van der Waals surface area (Å²) in [6.45, 7) is 1.52. The van der Waals surface area contributed by atoms with Crippen LogP contribution in [0.1, 0.15) is 24.8 Å². The van der Waals surface area contributed by atoms with Crippen molar-refractivity contribution < 1.29 is 17.9 Å². The van der Waals surface area contributed by atoms with Crippen molar-refractivity contribution in [3.8, 4) is 0 Å². The zero-order valence-corrected chi connectivity index (χ0v) is 15.9. The highest BCUT2D eigenvalue weighted by molar-refractivity contribution is 7.94. The number of halogens is 1. The van der Waals surface area contributed by atoms with Crippen LogP contribution in [0.5, 0.6) is 0 Å². The van der Waals surface area contributed by atoms with Gasteiger partial charge in [-0.25, -0.2) is 12.8 Å². The summed E-state index contributed by atoms with van der Waals surface area (Å²) in [5.41, 5.74) is 0.630. The molecule has 1 heterocycles. The molecule has 3 rings (SSSR count). The molecule has 1 aliphatic carbocycles. The van der Waals surface area contributed by atoms with Gasteiger partial charge in [-0.2, -0.15) is 0 Å². The van der Waals surface area contributed by atoms with E-state index in [1.807, 2.05) is 0 Å². The van der Waals surface area contributed by atoms with E-state index in [0.717, 1.165) is 5.56 Å². The molecule has 0 spiro atoms. The minimum atomic E-state index is -3.78. The number of aromatic nitrogens is 1. The van der Waals surface area contributed by atoms with Crippen LogP contribution < -0.4 is 15.6 Å². The second-order valence-electron chi connectivity index (χ2n) is 6.86. The summed E-state index contributed by atoms with van der Waals surface area (Å²) in [5, 5.41) is 12.0. The Morgan fingerprint density at radius 3 is 2.48 bits per heavy atom. The number of hydrogen-bond acceptors (Lipinski definition) is 5. The summed E-state index contributed by atoms with van der Waals surface area (Å²) in [5.74, 6) is -0.382. The lowest BCUT2D eigenvalue weighted by Crippen LogP contribution is -2.32. The number of hydrogen-bond donors (Lipinski definition) is 3. The lowest BCUT2D eigenvalue weighted by Gasteiger charge is -2.21. The number of aryl methyl sites for hydroxylation is 1. The highest BCUT2D eigenvalue weighted by atomic mass is 32.2. The third-order valence-corrected chi connectivity index (χ3v) is 7.12. The van der Waals surface area contributed by atoms with Crippen LogP contribution in [0.3, 0.4) is 0 Å². The van der Waals surface area contributed by atoms with Gasteiger partial charge in [0.2, 0.25) is 10.0 Å². The Morgan fingerprint density at radius 1 is 1.22 bits per heavy atom. The summed E-state index contributed by atoms with van der Waals surface area (Å²) in [4.78, 5) is 12.0. The number of aliphatic hydroxyl groups excluding tert-OH is 1. The Balaban J connectivity index is 2.00. The van der Waals surface area contributed by atoms with Crippen molar-refractivity contribution >= 4 is 27.2 Å². The van der Waals surface area contributed by atoms with Gasteiger partial charge in [0, 0.05) is 19.7 Å². The molecular weight excluding hydrogens is 373 g/mol. The Bertz CT molecular complexity index is 1030. The predicted molar refractivity (Wildman–Crippen MR) is 102 cm³/mol. The number of aliphatic hydroxyl groups is 1. The largest absolute Gasteiger partial charge is 0.396 e. The van der Waals surface area contributed by atoms with Gasteiger partial charge in [0.1, 0.15) is 11.6 Å². The fraction of sp³-hybridized carbons (Fsp3) is 0.389. The molecule has 1 aromatic carbocycles. The van der Waals surface area contributed by atoms with Gasteiger partial charge in [0.15, 0.2) is 0 Å². The summed E-state index contributed by atoms with van der Waals surface area (Å²) in [6, 6.07) is 7.16. The topological polar surface area (TPSA) is 100 Å². The smallest absolute Gasteiger partial charge is 0.251 e. The molecule has 0 bridgehead atoms. The number of nitrogens with one attached hydrogen (secondary N) is 2. The normalized spacial score (nSPS) is 15.4. The molecule has 7 nitrogen and oxygen atoms in total. The van der Waals surface area contributed by atoms with Crippen LogP contribution in [0.2, 0.25) is 0 Å². The van der Waals surface area contributed by atoms with E-state index in [1.54, 1.807) is 13.0 Å². The quantitative estimate of drug-likeness (QED) is 0.668. The number of anilines is 3. The predicted octanol–water partition coefficient (Wildman–Crippen LogP) is 2.23. The van der Waals surface area contributed by atoms with Gasteiger partial charge in [-0.15, -0.1) is 0 Å². The van der Waals surface area contributed by atoms with Crippen molar-refractivity contribution in [3.05, 3.63) is 52.1 Å². The minimum Gasteiger partial charge on any atom is -0.396 e. The maximum atomic E-state index is 14.2. The molecular formula is C18H22FN3O4S. The van der Waals surface area contributed by atoms with Gasteiger partial charge in [-0.3, -0.25) is 14.1 Å². The third kappa shape index (κ3) is 3.70. The molecule has 0 aliphatic heterocycles. The molecule has 1 fully saturated rings. The molecule has 0 atom stereocenters. The molecule has 2 aromatic rings. The zero-order chi connectivity index (χ0) is 19.8. The minimum absolute atomic E-state index is 0.124. The number of rotatable bonds is 7. The molecule has 27 heavy (non-hydrogen) atoms. The lowest BCUT2D eigenvalue weighted by molar-refractivity contribution is 0.283. The first-order valence-electron chi connectivity index (χ1n) is 8.55. The third-order valence-electron chi connectivity index (χ3n) is 4.88. The van der Waals surface area contributed by atoms with Gasteiger partial charge in [-0.05, 0) is 49.9 Å². The van der Waals surface area contributed by atoms with Crippen molar-refractivity contribution in [2.75, 3.05) is 16.6 Å². The van der Waals surface area contributed by atoms with E-state index in [1.165, 1.54) is 35.9 Å². The molecule has 1 aliphatic rings. The Kier molecular flexibility index (Phi) is 5.00. The molecule has 1 aromatic heterocycles. The number of pyridine rings is 1. The summed E-state index contributed by atoms with van der Waals surface area (Å²) < 4.78 is 42.5. The molecule has 1 saturated carbocycles. The van der Waals surface area contributed by atoms with E-state index in [4.69, 9.17) is 5.11 Å². The molecule has 0 unspecified atom stereocenters. The average Bonchev–Trinajstić information content (AvgIpc) is 3.38. The van der Waals surface area contributed by atoms with Gasteiger partial charge in [0.25, 0.3) is 5.56 Å². The maximum Gasteiger partial charge on any atom is 0.251 e. The van der Waals surface area contributed by atoms with Gasteiger partial charge in [0.05, 0.1) is 16.1 Å². The molecule has 3 N–H and O–H groups in total. The van der Waals surface area contributed by atoms with E-state index in [2.05, 4.69) is 10.0 Å². The fourth-order valence-electron chi connectivity index (χ4n) is 2.97. The summed E-state index contributed by atoms with van der Waals surface area (Å²) in [7, 11) is -2.32. The molecule has 0 saturated heterocycles. The van der Waals surface area contributed by atoms with E-state index >= 15 is 0 Å². The van der Waals surface area contributed by atoms with E-state index in [-0.39, 0.29) is 35.8 Å². The molecule has 0 amide bonds. The van der Waals surface area contributed by atoms with Crippen LogP contribution in [0, 0.1) is 12.7 Å².